The summed E-state index contributed by atoms with van der Waals surface area (Å²) in [5.41, 5.74) is 1.01. The maximum atomic E-state index is 11.3. The summed E-state index contributed by atoms with van der Waals surface area (Å²) in [6, 6.07) is 1.61. The van der Waals surface area contributed by atoms with E-state index in [0.29, 0.717) is 17.0 Å². The molecule has 0 fully saturated rings. The topological polar surface area (TPSA) is 59.1 Å². The average Bonchev–Trinajstić information content (AvgIpc) is 2.27. The maximum absolute atomic E-state index is 11.3. The number of halogens is 1. The van der Waals surface area contributed by atoms with Crippen molar-refractivity contribution >= 4 is 40.7 Å². The molecule has 0 saturated carbocycles. The van der Waals surface area contributed by atoms with E-state index in [4.69, 9.17) is 11.6 Å². The summed E-state index contributed by atoms with van der Waals surface area (Å²) in [6.45, 7) is 0. The lowest BCUT2D eigenvalue weighted by atomic mass is 10.2. The highest BCUT2D eigenvalue weighted by Crippen LogP contribution is 2.29. The molecule has 0 saturated heterocycles. The standard InChI is InChI=1S/C9H7ClN2O2S/c10-2-7(13)5-1-6-9(11-3-5)15-4-8(14)12-6/h1,3H,2,4H2,(H,12,14). The molecular weight excluding hydrogens is 236 g/mol. The molecule has 2 heterocycles. The van der Waals surface area contributed by atoms with Gasteiger partial charge in [0.15, 0.2) is 5.78 Å². The van der Waals surface area contributed by atoms with Gasteiger partial charge in [-0.3, -0.25) is 9.59 Å². The van der Waals surface area contributed by atoms with Gasteiger partial charge in [0.25, 0.3) is 0 Å². The van der Waals surface area contributed by atoms with Gasteiger partial charge in [-0.1, -0.05) is 11.8 Å². The van der Waals surface area contributed by atoms with E-state index in [9.17, 15) is 9.59 Å². The highest BCUT2D eigenvalue weighted by Gasteiger charge is 2.18. The largest absolute Gasteiger partial charge is 0.323 e. The van der Waals surface area contributed by atoms with Gasteiger partial charge in [-0.05, 0) is 6.07 Å². The van der Waals surface area contributed by atoms with Gasteiger partial charge >= 0.3 is 0 Å². The number of aromatic nitrogens is 1. The minimum absolute atomic E-state index is 0.0789. The van der Waals surface area contributed by atoms with Crippen molar-refractivity contribution in [2.75, 3.05) is 16.9 Å². The number of anilines is 1. The van der Waals surface area contributed by atoms with E-state index in [1.807, 2.05) is 0 Å². The van der Waals surface area contributed by atoms with Crippen molar-refractivity contribution in [3.8, 4) is 0 Å². The number of ketones is 1. The molecule has 1 N–H and O–H groups in total. The first-order valence-electron chi connectivity index (χ1n) is 4.22. The van der Waals surface area contributed by atoms with Crippen molar-refractivity contribution in [2.24, 2.45) is 0 Å². The third-order valence-corrected chi connectivity index (χ3v) is 3.16. The number of carbonyl (C=O) groups excluding carboxylic acids is 2. The first-order valence-corrected chi connectivity index (χ1v) is 5.74. The van der Waals surface area contributed by atoms with Crippen LogP contribution >= 0.6 is 23.4 Å². The maximum Gasteiger partial charge on any atom is 0.234 e. The van der Waals surface area contributed by atoms with Crippen molar-refractivity contribution in [3.05, 3.63) is 17.8 Å². The average molecular weight is 243 g/mol. The normalized spacial score (nSPS) is 14.3. The lowest BCUT2D eigenvalue weighted by Gasteiger charge is -2.15. The summed E-state index contributed by atoms with van der Waals surface area (Å²) in [7, 11) is 0. The van der Waals surface area contributed by atoms with Crippen LogP contribution in [0, 0.1) is 0 Å². The van der Waals surface area contributed by atoms with E-state index in [2.05, 4.69) is 10.3 Å². The van der Waals surface area contributed by atoms with E-state index < -0.39 is 0 Å². The van der Waals surface area contributed by atoms with E-state index in [1.165, 1.54) is 18.0 Å². The van der Waals surface area contributed by atoms with Crippen LogP contribution in [0.3, 0.4) is 0 Å². The summed E-state index contributed by atoms with van der Waals surface area (Å²) in [5, 5.41) is 3.40. The van der Waals surface area contributed by atoms with E-state index >= 15 is 0 Å². The van der Waals surface area contributed by atoms with E-state index in [0.717, 1.165) is 5.03 Å². The monoisotopic (exact) mass is 242 g/mol. The SMILES string of the molecule is O=C1CSc2ncc(C(=O)CCl)cc2N1. The number of alkyl halides is 1. The molecule has 1 aliphatic heterocycles. The zero-order valence-electron chi connectivity index (χ0n) is 7.62. The number of pyridine rings is 1. The number of nitrogens with one attached hydrogen (secondary N) is 1. The number of carbonyl (C=O) groups is 2. The summed E-state index contributed by atoms with van der Waals surface area (Å²) in [4.78, 5) is 26.5. The van der Waals surface area contributed by atoms with Crippen LogP contribution in [0.5, 0.6) is 0 Å². The molecule has 0 aliphatic carbocycles. The third kappa shape index (κ3) is 2.13. The Morgan fingerprint density at radius 3 is 3.20 bits per heavy atom. The molecule has 15 heavy (non-hydrogen) atoms. The minimum Gasteiger partial charge on any atom is -0.323 e. The first kappa shape index (κ1) is 10.4. The number of Topliss-reactive ketones (excluding diaryl/α,β-unsaturated/α-hetero) is 1. The van der Waals surface area contributed by atoms with Crippen LogP contribution in [-0.2, 0) is 4.79 Å². The molecule has 1 amide bonds. The van der Waals surface area contributed by atoms with Gasteiger partial charge in [0.1, 0.15) is 5.03 Å². The molecule has 6 heteroatoms. The molecule has 0 spiro atoms. The summed E-state index contributed by atoms with van der Waals surface area (Å²) < 4.78 is 0. The predicted octanol–water partition coefficient (Wildman–Crippen LogP) is 1.55. The van der Waals surface area contributed by atoms with Crippen LogP contribution in [0.25, 0.3) is 0 Å². The molecule has 2 rings (SSSR count). The molecule has 78 valence electrons. The number of hydrogen-bond acceptors (Lipinski definition) is 4. The molecular formula is C9H7ClN2O2S. The fourth-order valence-electron chi connectivity index (χ4n) is 1.21. The highest BCUT2D eigenvalue weighted by atomic mass is 35.5. The van der Waals surface area contributed by atoms with Crippen molar-refractivity contribution < 1.29 is 9.59 Å². The second-order valence-corrected chi connectivity index (χ2v) is 4.20. The van der Waals surface area contributed by atoms with Crippen LogP contribution in [0.15, 0.2) is 17.3 Å². The van der Waals surface area contributed by atoms with Gasteiger partial charge in [0, 0.05) is 11.8 Å². The summed E-state index contributed by atoms with van der Waals surface area (Å²) >= 11 is 6.79. The number of rotatable bonds is 2. The number of thioether (sulfide) groups is 1. The first-order chi connectivity index (χ1) is 7.20. The molecule has 0 aromatic carbocycles. The smallest absolute Gasteiger partial charge is 0.234 e. The Morgan fingerprint density at radius 2 is 2.47 bits per heavy atom. The van der Waals surface area contributed by atoms with Crippen molar-refractivity contribution in [1.29, 1.82) is 0 Å². The van der Waals surface area contributed by atoms with Gasteiger partial charge in [-0.2, -0.15) is 0 Å². The van der Waals surface area contributed by atoms with Crippen LogP contribution in [0.4, 0.5) is 5.69 Å². The van der Waals surface area contributed by atoms with Crippen molar-refractivity contribution in [1.82, 2.24) is 4.98 Å². The van der Waals surface area contributed by atoms with Crippen LogP contribution in [0.2, 0.25) is 0 Å². The Balaban J connectivity index is 2.36. The van der Waals surface area contributed by atoms with Crippen LogP contribution in [0.1, 0.15) is 10.4 Å². The van der Waals surface area contributed by atoms with Gasteiger partial charge in [-0.25, -0.2) is 4.98 Å². The van der Waals surface area contributed by atoms with E-state index in [1.54, 1.807) is 6.07 Å². The van der Waals surface area contributed by atoms with Crippen molar-refractivity contribution in [3.63, 3.8) is 0 Å². The zero-order valence-corrected chi connectivity index (χ0v) is 9.19. The zero-order chi connectivity index (χ0) is 10.8. The Morgan fingerprint density at radius 1 is 1.67 bits per heavy atom. The molecule has 0 radical (unpaired) electrons. The molecule has 1 aromatic heterocycles. The predicted molar refractivity (Wildman–Crippen MR) is 58.6 cm³/mol. The molecule has 0 bridgehead atoms. The van der Waals surface area contributed by atoms with Crippen LogP contribution < -0.4 is 5.32 Å². The molecule has 1 aromatic rings. The Bertz CT molecular complexity index is 436. The summed E-state index contributed by atoms with van der Waals surface area (Å²) in [6.07, 6.45) is 1.48. The second kappa shape index (κ2) is 4.20. The van der Waals surface area contributed by atoms with E-state index in [-0.39, 0.29) is 17.6 Å². The lowest BCUT2D eigenvalue weighted by molar-refractivity contribution is -0.113. The third-order valence-electron chi connectivity index (χ3n) is 1.91. The van der Waals surface area contributed by atoms with Crippen molar-refractivity contribution in [2.45, 2.75) is 5.03 Å². The fraction of sp³-hybridized carbons (Fsp3) is 0.222. The molecule has 1 aliphatic rings. The Hall–Kier alpha value is -1.07. The van der Waals surface area contributed by atoms with Crippen LogP contribution in [-0.4, -0.2) is 28.3 Å². The lowest BCUT2D eigenvalue weighted by Crippen LogP contribution is -2.20. The Labute approximate surface area is 95.4 Å². The summed E-state index contributed by atoms with van der Waals surface area (Å²) in [5.74, 6) is 0.00577. The molecule has 0 atom stereocenters. The minimum atomic E-state index is -0.197. The highest BCUT2D eigenvalue weighted by molar-refractivity contribution is 8.00. The van der Waals surface area contributed by atoms with Gasteiger partial charge in [-0.15, -0.1) is 11.6 Å². The quantitative estimate of drug-likeness (QED) is 0.632. The van der Waals surface area contributed by atoms with Gasteiger partial charge < -0.3 is 5.32 Å². The number of hydrogen-bond donors (Lipinski definition) is 1. The fourth-order valence-corrected chi connectivity index (χ4v) is 2.09. The number of nitrogens with zero attached hydrogens (tertiary/aromatic N) is 1. The number of fused-ring (bicyclic) bond motifs is 1. The second-order valence-electron chi connectivity index (χ2n) is 2.97. The molecule has 4 nitrogen and oxygen atoms in total. The Kier molecular flexibility index (Phi) is 2.93. The molecule has 0 unspecified atom stereocenters. The number of amides is 1. The van der Waals surface area contributed by atoms with Gasteiger partial charge in [0.2, 0.25) is 5.91 Å². The van der Waals surface area contributed by atoms with Gasteiger partial charge in [0.05, 0.1) is 17.3 Å².